The van der Waals surface area contributed by atoms with Gasteiger partial charge in [-0.05, 0) is 17.0 Å². The summed E-state index contributed by atoms with van der Waals surface area (Å²) in [6, 6.07) is 7.20. The van der Waals surface area contributed by atoms with Gasteiger partial charge in [0, 0.05) is 6.92 Å². The molecule has 1 amide bonds. The topological polar surface area (TPSA) is 101 Å². The monoisotopic (exact) mass is 354 g/mol. The van der Waals surface area contributed by atoms with Gasteiger partial charge in [-0.3, -0.25) is 9.52 Å². The molecule has 0 fully saturated rings. The van der Waals surface area contributed by atoms with Crippen molar-refractivity contribution in [3.63, 3.8) is 0 Å². The van der Waals surface area contributed by atoms with Gasteiger partial charge in [-0.15, -0.1) is 10.2 Å². The number of anilines is 2. The van der Waals surface area contributed by atoms with Crippen LogP contribution in [0.25, 0.3) is 0 Å². The molecule has 7 nitrogen and oxygen atoms in total. The van der Waals surface area contributed by atoms with E-state index >= 15 is 0 Å². The molecule has 2 N–H and O–H groups in total. The highest BCUT2D eigenvalue weighted by Crippen LogP contribution is 2.31. The fourth-order valence-electron chi connectivity index (χ4n) is 1.93. The van der Waals surface area contributed by atoms with Crippen molar-refractivity contribution >= 4 is 38.1 Å². The maximum atomic E-state index is 12.5. The Morgan fingerprint density at radius 3 is 2.43 bits per heavy atom. The van der Waals surface area contributed by atoms with E-state index in [0.29, 0.717) is 5.69 Å². The highest BCUT2D eigenvalue weighted by molar-refractivity contribution is 7.94. The van der Waals surface area contributed by atoms with Gasteiger partial charge in [-0.1, -0.05) is 50.3 Å². The van der Waals surface area contributed by atoms with Crippen LogP contribution in [0.1, 0.15) is 33.3 Å². The second-order valence-electron chi connectivity index (χ2n) is 5.96. The van der Waals surface area contributed by atoms with Crippen LogP contribution in [-0.2, 0) is 20.2 Å². The summed E-state index contributed by atoms with van der Waals surface area (Å²) in [6.45, 7) is 7.31. The number of amides is 1. The Labute approximate surface area is 139 Å². The molecule has 0 saturated carbocycles. The molecule has 0 bridgehead atoms. The SMILES string of the molecule is CC(=O)Nc1nnc(S(=O)(=O)Nc2ccccc2C(C)(C)C)s1. The Kier molecular flexibility index (Phi) is 4.71. The van der Waals surface area contributed by atoms with Gasteiger partial charge in [-0.2, -0.15) is 8.42 Å². The normalized spacial score (nSPS) is 12.0. The zero-order valence-electron chi connectivity index (χ0n) is 13.2. The Morgan fingerprint density at radius 2 is 1.83 bits per heavy atom. The quantitative estimate of drug-likeness (QED) is 0.822. The minimum absolute atomic E-state index is 0.141. The third kappa shape index (κ3) is 4.26. The van der Waals surface area contributed by atoms with Crippen LogP contribution in [0.2, 0.25) is 0 Å². The molecular weight excluding hydrogens is 336 g/mol. The van der Waals surface area contributed by atoms with E-state index in [0.717, 1.165) is 16.9 Å². The zero-order chi connectivity index (χ0) is 17.3. The van der Waals surface area contributed by atoms with Gasteiger partial charge in [0.2, 0.25) is 11.0 Å². The van der Waals surface area contributed by atoms with E-state index in [9.17, 15) is 13.2 Å². The molecule has 23 heavy (non-hydrogen) atoms. The van der Waals surface area contributed by atoms with Crippen molar-refractivity contribution in [2.45, 2.75) is 37.4 Å². The van der Waals surface area contributed by atoms with Gasteiger partial charge in [0.25, 0.3) is 14.4 Å². The molecule has 0 unspecified atom stereocenters. The maximum absolute atomic E-state index is 12.5. The van der Waals surface area contributed by atoms with Crippen LogP contribution in [0.15, 0.2) is 28.6 Å². The van der Waals surface area contributed by atoms with Gasteiger partial charge in [0.05, 0.1) is 5.69 Å². The predicted octanol–water partition coefficient (Wildman–Crippen LogP) is 2.59. The summed E-state index contributed by atoms with van der Waals surface area (Å²) in [7, 11) is -3.87. The number of rotatable bonds is 4. The van der Waals surface area contributed by atoms with Gasteiger partial charge in [0.15, 0.2) is 0 Å². The smallest absolute Gasteiger partial charge is 0.291 e. The van der Waals surface area contributed by atoms with Crippen LogP contribution < -0.4 is 10.0 Å². The third-order valence-corrected chi connectivity index (χ3v) is 5.47. The molecule has 2 rings (SSSR count). The first-order valence-corrected chi connectivity index (χ1v) is 9.13. The summed E-state index contributed by atoms with van der Waals surface area (Å²) >= 11 is 0.796. The first-order chi connectivity index (χ1) is 10.6. The maximum Gasteiger partial charge on any atom is 0.291 e. The fraction of sp³-hybridized carbons (Fsp3) is 0.357. The number of benzene rings is 1. The molecule has 1 heterocycles. The van der Waals surface area contributed by atoms with Crippen molar-refractivity contribution in [3.8, 4) is 0 Å². The lowest BCUT2D eigenvalue weighted by Crippen LogP contribution is -2.19. The summed E-state index contributed by atoms with van der Waals surface area (Å²) in [4.78, 5) is 11.0. The van der Waals surface area contributed by atoms with E-state index < -0.39 is 10.0 Å². The summed E-state index contributed by atoms with van der Waals surface area (Å²) in [5, 5.41) is 9.84. The van der Waals surface area contributed by atoms with Crippen molar-refractivity contribution in [2.24, 2.45) is 0 Å². The lowest BCUT2D eigenvalue weighted by molar-refractivity contribution is -0.114. The fourth-order valence-corrected chi connectivity index (χ4v) is 3.96. The van der Waals surface area contributed by atoms with Crippen LogP contribution in [-0.4, -0.2) is 24.5 Å². The predicted molar refractivity (Wildman–Crippen MR) is 90.2 cm³/mol. The van der Waals surface area contributed by atoms with E-state index in [1.807, 2.05) is 32.9 Å². The molecule has 0 aliphatic heterocycles. The first kappa shape index (κ1) is 17.4. The zero-order valence-corrected chi connectivity index (χ0v) is 14.9. The van der Waals surface area contributed by atoms with Crippen LogP contribution in [0, 0.1) is 0 Å². The van der Waals surface area contributed by atoms with Crippen molar-refractivity contribution in [3.05, 3.63) is 29.8 Å². The third-order valence-electron chi connectivity index (χ3n) is 2.90. The molecule has 124 valence electrons. The van der Waals surface area contributed by atoms with Crippen LogP contribution >= 0.6 is 11.3 Å². The number of sulfonamides is 1. The van der Waals surface area contributed by atoms with E-state index in [1.54, 1.807) is 12.1 Å². The number of nitrogens with zero attached hydrogens (tertiary/aromatic N) is 2. The Balaban J connectivity index is 2.32. The lowest BCUT2D eigenvalue weighted by Gasteiger charge is -2.22. The Morgan fingerprint density at radius 1 is 1.17 bits per heavy atom. The molecule has 0 saturated heterocycles. The molecule has 0 aliphatic carbocycles. The Hall–Kier alpha value is -2.00. The number of hydrogen-bond acceptors (Lipinski definition) is 6. The molecule has 0 radical (unpaired) electrons. The van der Waals surface area contributed by atoms with Crippen molar-refractivity contribution in [1.82, 2.24) is 10.2 Å². The number of hydrogen-bond donors (Lipinski definition) is 2. The average Bonchev–Trinajstić information content (AvgIpc) is 2.86. The van der Waals surface area contributed by atoms with Gasteiger partial charge >= 0.3 is 0 Å². The van der Waals surface area contributed by atoms with E-state index in [2.05, 4.69) is 20.2 Å². The minimum Gasteiger partial charge on any atom is -0.301 e. The van der Waals surface area contributed by atoms with E-state index in [-0.39, 0.29) is 20.8 Å². The highest BCUT2D eigenvalue weighted by atomic mass is 32.2. The van der Waals surface area contributed by atoms with Gasteiger partial charge in [0.1, 0.15) is 0 Å². The summed E-state index contributed by atoms with van der Waals surface area (Å²) < 4.78 is 27.3. The van der Waals surface area contributed by atoms with Gasteiger partial charge < -0.3 is 5.32 Å². The summed E-state index contributed by atoms with van der Waals surface area (Å²) in [5.74, 6) is -0.337. The standard InChI is InChI=1S/C14H18N4O3S2/c1-9(19)15-12-16-17-13(22-12)23(20,21)18-11-8-6-5-7-10(11)14(2,3)4/h5-8,18H,1-4H3,(H,15,16,19). The van der Waals surface area contributed by atoms with E-state index in [4.69, 9.17) is 0 Å². The second kappa shape index (κ2) is 6.25. The minimum atomic E-state index is -3.87. The van der Waals surface area contributed by atoms with Crippen LogP contribution in [0.5, 0.6) is 0 Å². The lowest BCUT2D eigenvalue weighted by atomic mass is 9.86. The van der Waals surface area contributed by atoms with Crippen molar-refractivity contribution < 1.29 is 13.2 Å². The Bertz CT molecular complexity index is 823. The molecule has 0 spiro atoms. The second-order valence-corrected chi connectivity index (χ2v) is 8.79. The van der Waals surface area contributed by atoms with Gasteiger partial charge in [-0.25, -0.2) is 0 Å². The van der Waals surface area contributed by atoms with Crippen molar-refractivity contribution in [2.75, 3.05) is 10.0 Å². The number of nitrogens with one attached hydrogen (secondary N) is 2. The molecule has 2 aromatic rings. The molecule has 0 aliphatic rings. The molecule has 1 aromatic heterocycles. The largest absolute Gasteiger partial charge is 0.301 e. The summed E-state index contributed by atoms with van der Waals surface area (Å²) in [5.41, 5.74) is 1.15. The van der Waals surface area contributed by atoms with E-state index in [1.165, 1.54) is 6.92 Å². The highest BCUT2D eigenvalue weighted by Gasteiger charge is 2.24. The summed E-state index contributed by atoms with van der Waals surface area (Å²) in [6.07, 6.45) is 0. The first-order valence-electron chi connectivity index (χ1n) is 6.83. The number of aromatic nitrogens is 2. The number of carbonyl (C=O) groups is 1. The molecule has 9 heteroatoms. The van der Waals surface area contributed by atoms with Crippen molar-refractivity contribution in [1.29, 1.82) is 0 Å². The van der Waals surface area contributed by atoms with Crippen LogP contribution in [0.3, 0.4) is 0 Å². The molecule has 0 atom stereocenters. The molecule has 1 aromatic carbocycles. The number of para-hydroxylation sites is 1. The molecular formula is C14H18N4O3S2. The van der Waals surface area contributed by atoms with Crippen LogP contribution in [0.4, 0.5) is 10.8 Å². The number of carbonyl (C=O) groups excluding carboxylic acids is 1. The average molecular weight is 354 g/mol.